The fourth-order valence-corrected chi connectivity index (χ4v) is 9.32. The fraction of sp³-hybridized carbons (Fsp3) is 0.355. The van der Waals surface area contributed by atoms with E-state index in [1.54, 1.807) is 37.4 Å². The maximum Gasteiger partial charge on any atom is 0.282 e. The number of fused-ring (bicyclic) bond motifs is 6. The second-order valence-corrected chi connectivity index (χ2v) is 13.5. The van der Waals surface area contributed by atoms with Crippen molar-refractivity contribution in [2.24, 2.45) is 34.0 Å². The van der Waals surface area contributed by atoms with Crippen molar-refractivity contribution >= 4 is 44.7 Å². The van der Waals surface area contributed by atoms with E-state index >= 15 is 0 Å². The number of ether oxygens (including phenoxy) is 1. The highest BCUT2D eigenvalue weighted by molar-refractivity contribution is 7.90. The minimum absolute atomic E-state index is 0.0380. The number of hydrogen-bond acceptors (Lipinski definition) is 4. The predicted octanol–water partition coefficient (Wildman–Crippen LogP) is 6.81. The predicted molar refractivity (Wildman–Crippen MR) is 153 cm³/mol. The van der Waals surface area contributed by atoms with E-state index in [2.05, 4.69) is 18.2 Å². The minimum atomic E-state index is -4.05. The quantitative estimate of drug-likeness (QED) is 0.332. The summed E-state index contributed by atoms with van der Waals surface area (Å²) in [6.07, 6.45) is 0. The molecule has 3 fully saturated rings. The Balaban J connectivity index is 1.63. The highest BCUT2D eigenvalue weighted by Crippen LogP contribution is 2.68. The molecule has 8 heteroatoms. The Hall–Kier alpha value is -2.51. The number of benzene rings is 3. The van der Waals surface area contributed by atoms with Gasteiger partial charge in [-0.15, -0.1) is 0 Å². The van der Waals surface area contributed by atoms with E-state index in [-0.39, 0.29) is 46.2 Å². The van der Waals surface area contributed by atoms with Crippen LogP contribution < -0.4 is 0 Å². The van der Waals surface area contributed by atoms with E-state index in [1.165, 1.54) is 0 Å². The van der Waals surface area contributed by atoms with Crippen LogP contribution in [0.3, 0.4) is 0 Å². The van der Waals surface area contributed by atoms with E-state index in [9.17, 15) is 13.2 Å². The molecule has 3 aromatic carbocycles. The lowest BCUT2D eigenvalue weighted by Crippen LogP contribution is -2.56. The van der Waals surface area contributed by atoms with Crippen molar-refractivity contribution in [3.8, 4) is 0 Å². The molecular weight excluding hydrogens is 553 g/mol. The number of sulfonamides is 1. The summed E-state index contributed by atoms with van der Waals surface area (Å²) in [5.74, 6) is -1.88. The largest absolute Gasteiger partial charge is 0.371 e. The van der Waals surface area contributed by atoms with Gasteiger partial charge >= 0.3 is 0 Å². The van der Waals surface area contributed by atoms with Gasteiger partial charge in [0.05, 0.1) is 16.5 Å². The molecule has 3 aliphatic rings. The van der Waals surface area contributed by atoms with E-state index in [4.69, 9.17) is 27.9 Å². The molecular formula is C31H29Cl2NO4S. The highest BCUT2D eigenvalue weighted by Gasteiger charge is 2.75. The van der Waals surface area contributed by atoms with Gasteiger partial charge in [-0.3, -0.25) is 4.79 Å². The Morgan fingerprint density at radius 2 is 1.31 bits per heavy atom. The normalized spacial score (nSPS) is 34.5. The lowest BCUT2D eigenvalue weighted by atomic mass is 9.66. The third-order valence-electron chi connectivity index (χ3n) is 9.33. The molecule has 5 nitrogen and oxygen atoms in total. The van der Waals surface area contributed by atoms with Crippen LogP contribution in [0.5, 0.6) is 0 Å². The average molecular weight is 583 g/mol. The van der Waals surface area contributed by atoms with Crippen LogP contribution in [-0.2, 0) is 19.6 Å². The molecule has 8 atom stereocenters. The zero-order valence-electron chi connectivity index (χ0n) is 21.8. The van der Waals surface area contributed by atoms with Gasteiger partial charge in [0.1, 0.15) is 11.4 Å². The van der Waals surface area contributed by atoms with Gasteiger partial charge in [0.25, 0.3) is 10.0 Å². The molecule has 3 aromatic rings. The first-order valence-electron chi connectivity index (χ1n) is 13.1. The Kier molecular flexibility index (Phi) is 6.54. The van der Waals surface area contributed by atoms with Crippen molar-refractivity contribution < 1.29 is 17.9 Å². The summed E-state index contributed by atoms with van der Waals surface area (Å²) in [5.41, 5.74) is 1.15. The smallest absolute Gasteiger partial charge is 0.282 e. The summed E-state index contributed by atoms with van der Waals surface area (Å²) < 4.78 is 38.4. The van der Waals surface area contributed by atoms with Crippen molar-refractivity contribution in [1.82, 2.24) is 0 Å². The van der Waals surface area contributed by atoms with Crippen LogP contribution in [0.4, 0.5) is 0 Å². The standard InChI is InChI=1S/C31H29Cl2NO4S/c1-17-24(19-9-13-21(32)14-10-19)28-29(35)25(17)26-18(2)27(20-11-15-22(33)16-12-20)31(28,38-3)30(26)34-39(36,37)23-7-5-4-6-8-23/h4-18,24-28H,1-3H3/t17-,18-,24+,25-,26-,27-,28-,31-/m1/s1. The number of carbonyl (C=O) groups is 1. The van der Waals surface area contributed by atoms with Gasteiger partial charge in [-0.05, 0) is 59.4 Å². The SMILES string of the molecule is CO[C@]12C(=NS(=O)(=O)c3ccccc3)[C@H]([C@@H](C)[C@@H]1c1ccc(Cl)cc1)[C@@H]1C(=O)[C@H]2[C@H](c2ccc(Cl)cc2)[C@H]1C. The second-order valence-electron chi connectivity index (χ2n) is 11.0. The molecule has 6 rings (SSSR count). The van der Waals surface area contributed by atoms with Crippen molar-refractivity contribution in [3.05, 3.63) is 100 Å². The van der Waals surface area contributed by atoms with Crippen LogP contribution >= 0.6 is 23.2 Å². The van der Waals surface area contributed by atoms with Gasteiger partial charge in [0.2, 0.25) is 0 Å². The number of nitrogens with zero attached hydrogens (tertiary/aromatic N) is 1. The molecule has 39 heavy (non-hydrogen) atoms. The maximum atomic E-state index is 14.3. The number of rotatable bonds is 5. The minimum Gasteiger partial charge on any atom is -0.371 e. The molecule has 4 bridgehead atoms. The number of Topliss-reactive ketones (excluding diaryl/α,β-unsaturated/α-hetero) is 1. The Morgan fingerprint density at radius 3 is 1.87 bits per heavy atom. The summed E-state index contributed by atoms with van der Waals surface area (Å²) in [7, 11) is -2.47. The van der Waals surface area contributed by atoms with Gasteiger partial charge < -0.3 is 4.74 Å². The first-order valence-corrected chi connectivity index (χ1v) is 15.3. The molecule has 0 aliphatic heterocycles. The number of hydrogen-bond donors (Lipinski definition) is 0. The van der Waals surface area contributed by atoms with Crippen molar-refractivity contribution in [2.75, 3.05) is 7.11 Å². The molecule has 3 saturated carbocycles. The Morgan fingerprint density at radius 1 is 0.744 bits per heavy atom. The van der Waals surface area contributed by atoms with E-state index in [0.717, 1.165) is 11.1 Å². The number of halogens is 2. The lowest BCUT2D eigenvalue weighted by molar-refractivity contribution is -0.132. The van der Waals surface area contributed by atoms with Gasteiger partial charge in [0.15, 0.2) is 0 Å². The summed E-state index contributed by atoms with van der Waals surface area (Å²) in [6.45, 7) is 4.19. The zero-order chi connectivity index (χ0) is 27.7. The van der Waals surface area contributed by atoms with Gasteiger partial charge in [-0.1, -0.05) is 79.5 Å². The zero-order valence-corrected chi connectivity index (χ0v) is 24.1. The summed E-state index contributed by atoms with van der Waals surface area (Å²) in [5, 5.41) is 1.22. The number of carbonyl (C=O) groups excluding carboxylic acids is 1. The Labute approximate surface area is 239 Å². The molecule has 0 saturated heterocycles. The third-order valence-corrected chi connectivity index (χ3v) is 11.1. The Bertz CT molecular complexity index is 1560. The van der Waals surface area contributed by atoms with Crippen LogP contribution in [0.1, 0.15) is 36.8 Å². The van der Waals surface area contributed by atoms with E-state index in [0.29, 0.717) is 15.8 Å². The van der Waals surface area contributed by atoms with Crippen LogP contribution in [-0.4, -0.2) is 32.6 Å². The number of ketones is 1. The molecule has 3 aliphatic carbocycles. The highest BCUT2D eigenvalue weighted by atomic mass is 35.5. The summed E-state index contributed by atoms with van der Waals surface area (Å²) in [4.78, 5) is 14.4. The van der Waals surface area contributed by atoms with Gasteiger partial charge in [0, 0.05) is 40.8 Å². The van der Waals surface area contributed by atoms with Gasteiger partial charge in [-0.25, -0.2) is 0 Å². The van der Waals surface area contributed by atoms with Gasteiger partial charge in [-0.2, -0.15) is 12.8 Å². The second kappa shape index (κ2) is 9.55. The van der Waals surface area contributed by atoms with Crippen molar-refractivity contribution in [3.63, 3.8) is 0 Å². The molecule has 202 valence electrons. The van der Waals surface area contributed by atoms with Crippen LogP contribution in [0, 0.1) is 29.6 Å². The summed E-state index contributed by atoms with van der Waals surface area (Å²) in [6, 6.07) is 23.4. The molecule has 0 aromatic heterocycles. The fourth-order valence-electron chi connectivity index (χ4n) is 7.94. The first kappa shape index (κ1) is 26.7. The van der Waals surface area contributed by atoms with Crippen LogP contribution in [0.15, 0.2) is 88.2 Å². The molecule has 0 heterocycles. The van der Waals surface area contributed by atoms with E-state index < -0.39 is 21.5 Å². The lowest BCUT2D eigenvalue weighted by Gasteiger charge is -2.43. The average Bonchev–Trinajstić information content (AvgIpc) is 3.24. The van der Waals surface area contributed by atoms with Crippen LogP contribution in [0.25, 0.3) is 0 Å². The first-order chi connectivity index (χ1) is 18.6. The summed E-state index contributed by atoms with van der Waals surface area (Å²) >= 11 is 12.5. The van der Waals surface area contributed by atoms with Crippen molar-refractivity contribution in [1.29, 1.82) is 0 Å². The monoisotopic (exact) mass is 581 g/mol. The molecule has 0 radical (unpaired) electrons. The van der Waals surface area contributed by atoms with Crippen molar-refractivity contribution in [2.45, 2.75) is 36.2 Å². The molecule has 0 unspecified atom stereocenters. The topological polar surface area (TPSA) is 72.8 Å². The molecule has 0 spiro atoms. The molecule has 0 amide bonds. The number of methoxy groups -OCH3 is 1. The molecule has 0 N–H and O–H groups in total. The van der Waals surface area contributed by atoms with Crippen LogP contribution in [0.2, 0.25) is 10.0 Å². The third kappa shape index (κ3) is 3.86. The maximum absolute atomic E-state index is 14.3. The van der Waals surface area contributed by atoms with E-state index in [1.807, 2.05) is 48.5 Å².